The third-order valence-electron chi connectivity index (χ3n) is 3.68. The van der Waals surface area contributed by atoms with E-state index in [9.17, 15) is 9.59 Å². The van der Waals surface area contributed by atoms with E-state index in [1.807, 2.05) is 12.1 Å². The molecule has 0 spiro atoms. The van der Waals surface area contributed by atoms with Gasteiger partial charge in [-0.2, -0.15) is 0 Å². The maximum absolute atomic E-state index is 12.0. The number of carbonyl (C=O) groups excluding carboxylic acids is 2. The molecule has 0 fully saturated rings. The molecule has 1 aromatic heterocycles. The van der Waals surface area contributed by atoms with Gasteiger partial charge in [0, 0.05) is 27.9 Å². The fourth-order valence-electron chi connectivity index (χ4n) is 2.30. The minimum atomic E-state index is -0.406. The molecule has 3 aromatic rings. The van der Waals surface area contributed by atoms with E-state index in [0.29, 0.717) is 33.1 Å². The topological polar surface area (TPSA) is 84.2 Å². The highest BCUT2D eigenvalue weighted by Crippen LogP contribution is 2.22. The van der Waals surface area contributed by atoms with Gasteiger partial charge in [0.05, 0.1) is 11.8 Å². The maximum atomic E-state index is 12.0. The Morgan fingerprint density at radius 3 is 2.56 bits per heavy atom. The molecule has 0 atom stereocenters. The number of nitrogens with zero attached hydrogens (tertiary/aromatic N) is 1. The monoisotopic (exact) mass is 447 g/mol. The van der Waals surface area contributed by atoms with E-state index in [-0.39, 0.29) is 12.3 Å². The summed E-state index contributed by atoms with van der Waals surface area (Å²) in [6, 6.07) is 14.1. The number of nitrogens with one attached hydrogen (secondary N) is 2. The summed E-state index contributed by atoms with van der Waals surface area (Å²) in [5.74, 6) is 0.287. The summed E-state index contributed by atoms with van der Waals surface area (Å²) < 4.78 is 6.29. The van der Waals surface area contributed by atoms with Crippen LogP contribution in [0.2, 0.25) is 5.02 Å². The van der Waals surface area contributed by atoms with E-state index in [4.69, 9.17) is 16.0 Å². The predicted molar refractivity (Wildman–Crippen MR) is 105 cm³/mol. The second-order valence-electron chi connectivity index (χ2n) is 5.61. The van der Waals surface area contributed by atoms with E-state index in [1.54, 1.807) is 42.6 Å². The lowest BCUT2D eigenvalue weighted by Gasteiger charge is -2.07. The Labute approximate surface area is 169 Å². The summed E-state index contributed by atoms with van der Waals surface area (Å²) in [7, 11) is 0. The average Bonchev–Trinajstić information content (AvgIpc) is 3.14. The van der Waals surface area contributed by atoms with Gasteiger partial charge in [0.25, 0.3) is 5.91 Å². The second kappa shape index (κ2) is 8.83. The van der Waals surface area contributed by atoms with Crippen molar-refractivity contribution in [1.82, 2.24) is 15.8 Å². The summed E-state index contributed by atoms with van der Waals surface area (Å²) in [6.07, 6.45) is 2.03. The molecule has 138 valence electrons. The first kappa shape index (κ1) is 19.1. The highest BCUT2D eigenvalue weighted by atomic mass is 79.9. The van der Waals surface area contributed by atoms with Crippen LogP contribution in [0.1, 0.15) is 22.7 Å². The standard InChI is InChI=1S/C19H15BrClN3O3/c20-15-4-2-1-3-14(15)19(26)24-23-17(25)9-10-18-22-11-16(27-18)12-5-7-13(21)8-6-12/h1-8,11H,9-10H2,(H,23,25)(H,24,26). The lowest BCUT2D eigenvalue weighted by molar-refractivity contribution is -0.121. The number of oxazole rings is 1. The minimum absolute atomic E-state index is 0.122. The Kier molecular flexibility index (Phi) is 6.26. The van der Waals surface area contributed by atoms with Gasteiger partial charge in [-0.25, -0.2) is 4.98 Å². The molecule has 0 aliphatic heterocycles. The molecule has 0 saturated carbocycles. The maximum Gasteiger partial charge on any atom is 0.270 e. The Morgan fingerprint density at radius 2 is 1.81 bits per heavy atom. The SMILES string of the molecule is O=C(CCc1ncc(-c2ccc(Cl)cc2)o1)NNC(=O)c1ccccc1Br. The van der Waals surface area contributed by atoms with Gasteiger partial charge in [0.2, 0.25) is 5.91 Å². The molecule has 8 heteroatoms. The Bertz CT molecular complexity index is 957. The van der Waals surface area contributed by atoms with Gasteiger partial charge in [-0.3, -0.25) is 20.4 Å². The van der Waals surface area contributed by atoms with Crippen LogP contribution in [0.25, 0.3) is 11.3 Å². The lowest BCUT2D eigenvalue weighted by Crippen LogP contribution is -2.41. The van der Waals surface area contributed by atoms with Crippen molar-refractivity contribution in [2.45, 2.75) is 12.8 Å². The van der Waals surface area contributed by atoms with Gasteiger partial charge < -0.3 is 4.42 Å². The third kappa shape index (κ3) is 5.18. The van der Waals surface area contributed by atoms with E-state index in [1.165, 1.54) is 0 Å². The van der Waals surface area contributed by atoms with Crippen LogP contribution in [0, 0.1) is 0 Å². The molecule has 0 bridgehead atoms. The van der Waals surface area contributed by atoms with Crippen LogP contribution in [0.4, 0.5) is 0 Å². The number of halogens is 2. The van der Waals surface area contributed by atoms with E-state index in [0.717, 1.165) is 5.56 Å². The van der Waals surface area contributed by atoms with Crippen LogP contribution in [0.15, 0.2) is 63.6 Å². The van der Waals surface area contributed by atoms with Gasteiger partial charge in [-0.1, -0.05) is 23.7 Å². The molecular weight excluding hydrogens is 434 g/mol. The fraction of sp³-hybridized carbons (Fsp3) is 0.105. The molecule has 2 aromatic carbocycles. The van der Waals surface area contributed by atoms with Crippen molar-refractivity contribution in [2.24, 2.45) is 0 Å². The number of aromatic nitrogens is 1. The number of hydrazine groups is 1. The summed E-state index contributed by atoms with van der Waals surface area (Å²) in [5.41, 5.74) is 6.04. The lowest BCUT2D eigenvalue weighted by atomic mass is 10.2. The smallest absolute Gasteiger partial charge is 0.270 e. The van der Waals surface area contributed by atoms with E-state index < -0.39 is 5.91 Å². The zero-order valence-corrected chi connectivity index (χ0v) is 16.4. The zero-order chi connectivity index (χ0) is 19.2. The Balaban J connectivity index is 1.49. The summed E-state index contributed by atoms with van der Waals surface area (Å²) in [6.45, 7) is 0. The van der Waals surface area contributed by atoms with Crippen molar-refractivity contribution < 1.29 is 14.0 Å². The van der Waals surface area contributed by atoms with Crippen molar-refractivity contribution in [1.29, 1.82) is 0 Å². The first-order chi connectivity index (χ1) is 13.0. The zero-order valence-electron chi connectivity index (χ0n) is 14.0. The first-order valence-electron chi connectivity index (χ1n) is 8.07. The van der Waals surface area contributed by atoms with Crippen LogP contribution >= 0.6 is 27.5 Å². The van der Waals surface area contributed by atoms with Crippen LogP contribution in [-0.4, -0.2) is 16.8 Å². The van der Waals surface area contributed by atoms with Crippen molar-refractivity contribution >= 4 is 39.3 Å². The molecule has 0 aliphatic rings. The van der Waals surface area contributed by atoms with Gasteiger partial charge in [-0.05, 0) is 52.3 Å². The third-order valence-corrected chi connectivity index (χ3v) is 4.63. The number of benzene rings is 2. The number of hydrogen-bond acceptors (Lipinski definition) is 4. The molecular formula is C19H15BrClN3O3. The Morgan fingerprint density at radius 1 is 1.07 bits per heavy atom. The van der Waals surface area contributed by atoms with Gasteiger partial charge in [-0.15, -0.1) is 0 Å². The summed E-state index contributed by atoms with van der Waals surface area (Å²) in [4.78, 5) is 28.1. The molecule has 0 radical (unpaired) electrons. The van der Waals surface area contributed by atoms with Crippen molar-refractivity contribution in [2.75, 3.05) is 0 Å². The molecule has 0 unspecified atom stereocenters. The number of hydrogen-bond donors (Lipinski definition) is 2. The normalized spacial score (nSPS) is 10.4. The highest BCUT2D eigenvalue weighted by Gasteiger charge is 2.12. The second-order valence-corrected chi connectivity index (χ2v) is 6.90. The molecule has 27 heavy (non-hydrogen) atoms. The van der Waals surface area contributed by atoms with Gasteiger partial charge in [0.1, 0.15) is 0 Å². The molecule has 6 nitrogen and oxygen atoms in total. The van der Waals surface area contributed by atoms with Crippen LogP contribution in [-0.2, 0) is 11.2 Å². The summed E-state index contributed by atoms with van der Waals surface area (Å²) in [5, 5.41) is 0.639. The van der Waals surface area contributed by atoms with Crippen molar-refractivity contribution in [3.63, 3.8) is 0 Å². The van der Waals surface area contributed by atoms with Crippen molar-refractivity contribution in [3.05, 3.63) is 75.7 Å². The molecule has 2 N–H and O–H groups in total. The van der Waals surface area contributed by atoms with Gasteiger partial charge in [0.15, 0.2) is 11.7 Å². The van der Waals surface area contributed by atoms with Crippen LogP contribution in [0.5, 0.6) is 0 Å². The number of aryl methyl sites for hydroxylation is 1. The summed E-state index contributed by atoms with van der Waals surface area (Å²) >= 11 is 9.15. The fourth-order valence-corrected chi connectivity index (χ4v) is 2.89. The number of carbonyl (C=O) groups is 2. The molecule has 0 saturated heterocycles. The molecule has 0 aliphatic carbocycles. The highest BCUT2D eigenvalue weighted by molar-refractivity contribution is 9.10. The Hall–Kier alpha value is -2.64. The first-order valence-corrected chi connectivity index (χ1v) is 9.24. The predicted octanol–water partition coefficient (Wildman–Crippen LogP) is 4.15. The van der Waals surface area contributed by atoms with Crippen LogP contribution < -0.4 is 10.9 Å². The molecule has 1 heterocycles. The van der Waals surface area contributed by atoms with Gasteiger partial charge >= 0.3 is 0 Å². The molecule has 3 rings (SSSR count). The van der Waals surface area contributed by atoms with Crippen molar-refractivity contribution in [3.8, 4) is 11.3 Å². The quantitative estimate of drug-likeness (QED) is 0.574. The largest absolute Gasteiger partial charge is 0.441 e. The van der Waals surface area contributed by atoms with E-state index in [2.05, 4.69) is 31.8 Å². The number of amides is 2. The molecule has 2 amide bonds. The number of rotatable bonds is 5. The van der Waals surface area contributed by atoms with Crippen LogP contribution in [0.3, 0.4) is 0 Å². The minimum Gasteiger partial charge on any atom is -0.441 e. The average molecular weight is 449 g/mol. The van der Waals surface area contributed by atoms with E-state index >= 15 is 0 Å².